The van der Waals surface area contributed by atoms with Crippen molar-refractivity contribution in [3.8, 4) is 5.06 Å². The fourth-order valence-corrected chi connectivity index (χ4v) is 3.18. The average molecular weight is 259 g/mol. The Balaban J connectivity index is 1.99. The molecule has 2 nitrogen and oxygen atoms in total. The zero-order valence-electron chi connectivity index (χ0n) is 9.29. The van der Waals surface area contributed by atoms with Crippen LogP contribution in [0.4, 0.5) is 0 Å². The molecule has 0 N–H and O–H groups in total. The van der Waals surface area contributed by atoms with Gasteiger partial charge < -0.3 is 4.74 Å². The summed E-state index contributed by atoms with van der Waals surface area (Å²) in [6.07, 6.45) is 5.10. The zero-order valence-corrected chi connectivity index (χ0v) is 10.9. The lowest BCUT2D eigenvalue weighted by molar-refractivity contribution is 0.101. The molecule has 1 fully saturated rings. The fraction of sp³-hybridized carbons (Fsp3) is 0.583. The molecule has 0 saturated heterocycles. The maximum absolute atomic E-state index is 11.3. The molecule has 0 aliphatic heterocycles. The molecule has 1 aliphatic carbocycles. The third-order valence-corrected chi connectivity index (χ3v) is 4.15. The lowest BCUT2D eigenvalue weighted by atomic mass is 10.1. The van der Waals surface area contributed by atoms with Gasteiger partial charge >= 0.3 is 0 Å². The smallest absolute Gasteiger partial charge is 0.186 e. The Morgan fingerprint density at radius 3 is 2.88 bits per heavy atom. The Labute approximate surface area is 105 Å². The summed E-state index contributed by atoms with van der Waals surface area (Å²) in [5, 5.41) is 0.685. The van der Waals surface area contributed by atoms with Crippen molar-refractivity contribution in [2.24, 2.45) is 5.92 Å². The molecule has 1 aliphatic rings. The Morgan fingerprint density at radius 2 is 2.25 bits per heavy atom. The van der Waals surface area contributed by atoms with Crippen LogP contribution in [0.1, 0.15) is 43.0 Å². The number of ether oxygens (including phenoxy) is 1. The van der Waals surface area contributed by atoms with Crippen LogP contribution in [-0.2, 0) is 0 Å². The monoisotopic (exact) mass is 258 g/mol. The minimum absolute atomic E-state index is 0.0181. The first kappa shape index (κ1) is 11.9. The number of Topliss-reactive ketones (excluding diaryl/α,β-unsaturated/α-hetero) is 1. The molecule has 0 unspecified atom stereocenters. The number of hydrogen-bond donors (Lipinski definition) is 0. The second kappa shape index (κ2) is 5.19. The number of carbonyl (C=O) groups is 1. The zero-order chi connectivity index (χ0) is 11.5. The van der Waals surface area contributed by atoms with Crippen LogP contribution in [0, 0.1) is 5.92 Å². The summed E-state index contributed by atoms with van der Waals surface area (Å²) in [5.74, 6) is 0.672. The highest BCUT2D eigenvalue weighted by Gasteiger charge is 2.18. The fourth-order valence-electron chi connectivity index (χ4n) is 2.07. The molecule has 1 heterocycles. The first-order valence-electron chi connectivity index (χ1n) is 5.60. The van der Waals surface area contributed by atoms with Crippen molar-refractivity contribution >= 4 is 28.7 Å². The molecular weight excluding hydrogens is 244 g/mol. The van der Waals surface area contributed by atoms with Crippen molar-refractivity contribution < 1.29 is 9.53 Å². The van der Waals surface area contributed by atoms with Crippen molar-refractivity contribution in [1.82, 2.24) is 0 Å². The van der Waals surface area contributed by atoms with E-state index in [9.17, 15) is 4.79 Å². The van der Waals surface area contributed by atoms with Crippen molar-refractivity contribution in [2.75, 3.05) is 6.61 Å². The van der Waals surface area contributed by atoms with Gasteiger partial charge in [0, 0.05) is 0 Å². The minimum atomic E-state index is 0.0181. The molecule has 88 valence electrons. The maximum Gasteiger partial charge on any atom is 0.186 e. The molecule has 16 heavy (non-hydrogen) atoms. The van der Waals surface area contributed by atoms with E-state index in [1.165, 1.54) is 37.0 Å². The predicted octanol–water partition coefficient (Wildman–Crippen LogP) is 4.17. The summed E-state index contributed by atoms with van der Waals surface area (Å²) in [6, 6.07) is 1.69. The Hall–Kier alpha value is -0.540. The maximum atomic E-state index is 11.3. The third kappa shape index (κ3) is 2.77. The topological polar surface area (TPSA) is 26.3 Å². The Kier molecular flexibility index (Phi) is 3.87. The molecule has 4 heteroatoms. The largest absolute Gasteiger partial charge is 0.483 e. The summed E-state index contributed by atoms with van der Waals surface area (Å²) >= 11 is 7.24. The SMILES string of the molecule is CC(=O)c1cc(Cl)sc1OCC1CCCC1. The average Bonchev–Trinajstić information content (AvgIpc) is 2.83. The number of hydrogen-bond acceptors (Lipinski definition) is 3. The van der Waals surface area contributed by atoms with E-state index >= 15 is 0 Å². The van der Waals surface area contributed by atoms with Crippen LogP contribution < -0.4 is 4.74 Å². The van der Waals surface area contributed by atoms with E-state index in [-0.39, 0.29) is 5.78 Å². The minimum Gasteiger partial charge on any atom is -0.483 e. The van der Waals surface area contributed by atoms with E-state index in [4.69, 9.17) is 16.3 Å². The van der Waals surface area contributed by atoms with Gasteiger partial charge in [0.05, 0.1) is 16.5 Å². The van der Waals surface area contributed by atoms with Gasteiger partial charge in [0.25, 0.3) is 0 Å². The van der Waals surface area contributed by atoms with Gasteiger partial charge in [-0.25, -0.2) is 0 Å². The van der Waals surface area contributed by atoms with Gasteiger partial charge in [0.2, 0.25) is 0 Å². The lowest BCUT2D eigenvalue weighted by Crippen LogP contribution is -2.08. The first-order chi connectivity index (χ1) is 7.66. The molecule has 1 saturated carbocycles. The summed E-state index contributed by atoms with van der Waals surface area (Å²) < 4.78 is 6.33. The van der Waals surface area contributed by atoms with Gasteiger partial charge in [0.15, 0.2) is 10.8 Å². The predicted molar refractivity (Wildman–Crippen MR) is 66.8 cm³/mol. The Bertz CT molecular complexity index is 380. The van der Waals surface area contributed by atoms with Crippen molar-refractivity contribution in [1.29, 1.82) is 0 Å². The molecule has 1 aromatic rings. The molecule has 0 radical (unpaired) electrons. The molecule has 0 spiro atoms. The van der Waals surface area contributed by atoms with Crippen molar-refractivity contribution in [3.63, 3.8) is 0 Å². The highest BCUT2D eigenvalue weighted by molar-refractivity contribution is 7.18. The normalized spacial score (nSPS) is 16.6. The molecule has 0 amide bonds. The van der Waals surface area contributed by atoms with Gasteiger partial charge in [-0.3, -0.25) is 4.79 Å². The van der Waals surface area contributed by atoms with E-state index in [1.54, 1.807) is 13.0 Å². The number of thiophene rings is 1. The van der Waals surface area contributed by atoms with Crippen LogP contribution in [-0.4, -0.2) is 12.4 Å². The van der Waals surface area contributed by atoms with Crippen LogP contribution in [0.25, 0.3) is 0 Å². The third-order valence-electron chi connectivity index (χ3n) is 2.97. The van der Waals surface area contributed by atoms with Crippen LogP contribution in [0.3, 0.4) is 0 Å². The van der Waals surface area contributed by atoms with Gasteiger partial charge in [-0.2, -0.15) is 0 Å². The summed E-state index contributed by atoms with van der Waals surface area (Å²) in [5.41, 5.74) is 0.619. The summed E-state index contributed by atoms with van der Waals surface area (Å²) in [6.45, 7) is 2.26. The molecular formula is C12H15ClO2S. The van der Waals surface area contributed by atoms with Crippen LogP contribution in [0.5, 0.6) is 5.06 Å². The van der Waals surface area contributed by atoms with E-state index in [0.717, 1.165) is 6.61 Å². The van der Waals surface area contributed by atoms with Crippen LogP contribution >= 0.6 is 22.9 Å². The van der Waals surface area contributed by atoms with Crippen LogP contribution in [0.15, 0.2) is 6.07 Å². The van der Waals surface area contributed by atoms with E-state index < -0.39 is 0 Å². The van der Waals surface area contributed by atoms with E-state index in [0.29, 0.717) is 20.9 Å². The highest BCUT2D eigenvalue weighted by atomic mass is 35.5. The summed E-state index contributed by atoms with van der Waals surface area (Å²) in [7, 11) is 0. The van der Waals surface area contributed by atoms with Gasteiger partial charge in [0.1, 0.15) is 0 Å². The molecule has 0 aromatic carbocycles. The van der Waals surface area contributed by atoms with Crippen molar-refractivity contribution in [2.45, 2.75) is 32.6 Å². The quantitative estimate of drug-likeness (QED) is 0.758. The molecule has 1 aromatic heterocycles. The van der Waals surface area contributed by atoms with E-state index in [2.05, 4.69) is 0 Å². The second-order valence-corrected chi connectivity index (χ2v) is 5.92. The van der Waals surface area contributed by atoms with Crippen molar-refractivity contribution in [3.05, 3.63) is 16.0 Å². The molecule has 0 atom stereocenters. The molecule has 0 bridgehead atoms. The number of ketones is 1. The summed E-state index contributed by atoms with van der Waals surface area (Å²) in [4.78, 5) is 11.3. The first-order valence-corrected chi connectivity index (χ1v) is 6.79. The second-order valence-electron chi connectivity index (χ2n) is 4.27. The van der Waals surface area contributed by atoms with E-state index in [1.807, 2.05) is 0 Å². The standard InChI is InChI=1S/C12H15ClO2S/c1-8(14)10-6-11(13)16-12(10)15-7-9-4-2-3-5-9/h6,9H,2-5,7H2,1H3. The Morgan fingerprint density at radius 1 is 1.56 bits per heavy atom. The number of carbonyl (C=O) groups excluding carboxylic acids is 1. The van der Waals surface area contributed by atoms with Gasteiger partial charge in [-0.05, 0) is 31.7 Å². The van der Waals surface area contributed by atoms with Crippen LogP contribution in [0.2, 0.25) is 4.34 Å². The number of halogens is 1. The lowest BCUT2D eigenvalue weighted by Gasteiger charge is -2.10. The van der Waals surface area contributed by atoms with Gasteiger partial charge in [-0.1, -0.05) is 35.8 Å². The highest BCUT2D eigenvalue weighted by Crippen LogP contribution is 2.35. The number of rotatable bonds is 4. The van der Waals surface area contributed by atoms with Gasteiger partial charge in [-0.15, -0.1) is 0 Å². The molecule has 2 rings (SSSR count).